The van der Waals surface area contributed by atoms with E-state index in [0.717, 1.165) is 44.0 Å². The van der Waals surface area contributed by atoms with Crippen molar-refractivity contribution in [2.24, 2.45) is 0 Å². The Labute approximate surface area is 116 Å². The molecule has 1 atom stereocenters. The van der Waals surface area contributed by atoms with E-state index in [2.05, 4.69) is 25.2 Å². The predicted molar refractivity (Wildman–Crippen MR) is 78.2 cm³/mol. The molecular weight excluding hydrogens is 246 g/mol. The lowest BCUT2D eigenvalue weighted by atomic mass is 10.0. The number of benzene rings is 1. The van der Waals surface area contributed by atoms with Crippen LogP contribution in [0.1, 0.15) is 44.7 Å². The van der Waals surface area contributed by atoms with E-state index in [-0.39, 0.29) is 0 Å². The highest BCUT2D eigenvalue weighted by molar-refractivity contribution is 6.30. The van der Waals surface area contributed by atoms with Gasteiger partial charge in [0.05, 0.1) is 0 Å². The molecule has 1 aromatic rings. The summed E-state index contributed by atoms with van der Waals surface area (Å²) in [5.74, 6) is 0. The summed E-state index contributed by atoms with van der Waals surface area (Å²) in [6, 6.07) is 8.41. The van der Waals surface area contributed by atoms with E-state index in [0.29, 0.717) is 6.04 Å². The molecule has 1 aromatic carbocycles. The van der Waals surface area contributed by atoms with Gasteiger partial charge in [-0.25, -0.2) is 0 Å². The molecule has 102 valence electrons. The second-order valence-corrected chi connectivity index (χ2v) is 4.90. The third-order valence-electron chi connectivity index (χ3n) is 2.79. The molecule has 1 rings (SSSR count). The summed E-state index contributed by atoms with van der Waals surface area (Å²) in [7, 11) is 0. The molecule has 0 saturated carbocycles. The zero-order valence-corrected chi connectivity index (χ0v) is 12.2. The van der Waals surface area contributed by atoms with Crippen LogP contribution in [0.2, 0.25) is 5.02 Å². The van der Waals surface area contributed by atoms with Crippen LogP contribution in [0.5, 0.6) is 0 Å². The molecule has 0 radical (unpaired) electrons. The summed E-state index contributed by atoms with van der Waals surface area (Å²) in [6.45, 7) is 6.96. The normalized spacial score (nSPS) is 12.6. The number of hydrogen-bond donors (Lipinski definition) is 1. The summed E-state index contributed by atoms with van der Waals surface area (Å²) in [5, 5.41) is 4.35. The van der Waals surface area contributed by atoms with Gasteiger partial charge in [0.2, 0.25) is 0 Å². The molecule has 3 heteroatoms. The van der Waals surface area contributed by atoms with Gasteiger partial charge < -0.3 is 10.1 Å². The number of ether oxygens (including phenoxy) is 1. The van der Waals surface area contributed by atoms with Gasteiger partial charge in [-0.1, -0.05) is 37.6 Å². The Bertz CT molecular complexity index is 330. The molecule has 0 bridgehead atoms. The second kappa shape index (κ2) is 9.37. The largest absolute Gasteiger partial charge is 0.381 e. The first-order valence-corrected chi connectivity index (χ1v) is 7.22. The highest BCUT2D eigenvalue weighted by Crippen LogP contribution is 2.20. The monoisotopic (exact) mass is 269 g/mol. The highest BCUT2D eigenvalue weighted by atomic mass is 35.5. The minimum Gasteiger partial charge on any atom is -0.381 e. The first-order valence-electron chi connectivity index (χ1n) is 6.84. The van der Waals surface area contributed by atoms with Crippen molar-refractivity contribution in [1.29, 1.82) is 0 Å². The van der Waals surface area contributed by atoms with E-state index < -0.39 is 0 Å². The van der Waals surface area contributed by atoms with Crippen LogP contribution in [-0.2, 0) is 4.74 Å². The Morgan fingerprint density at radius 1 is 1.22 bits per heavy atom. The average molecular weight is 270 g/mol. The van der Waals surface area contributed by atoms with Crippen molar-refractivity contribution >= 4 is 11.6 Å². The van der Waals surface area contributed by atoms with E-state index in [4.69, 9.17) is 16.3 Å². The molecule has 0 fully saturated rings. The molecule has 0 heterocycles. The van der Waals surface area contributed by atoms with Crippen molar-refractivity contribution in [3.05, 3.63) is 34.9 Å². The van der Waals surface area contributed by atoms with Crippen LogP contribution >= 0.6 is 11.6 Å². The molecule has 0 spiro atoms. The van der Waals surface area contributed by atoms with Crippen molar-refractivity contribution in [3.8, 4) is 0 Å². The third kappa shape index (κ3) is 5.85. The Balaban J connectivity index is 2.54. The highest BCUT2D eigenvalue weighted by Gasteiger charge is 2.10. The standard InChI is InChI=1S/C15H24ClNO/c1-3-9-17-15(8-11-18-10-4-2)13-6-5-7-14(16)12-13/h5-7,12,15,17H,3-4,8-11H2,1-2H3. The summed E-state index contributed by atoms with van der Waals surface area (Å²) < 4.78 is 5.57. The lowest BCUT2D eigenvalue weighted by Gasteiger charge is -2.19. The van der Waals surface area contributed by atoms with E-state index >= 15 is 0 Å². The van der Waals surface area contributed by atoms with E-state index in [1.165, 1.54) is 5.56 Å². The fourth-order valence-electron chi connectivity index (χ4n) is 1.88. The van der Waals surface area contributed by atoms with Gasteiger partial charge in [-0.15, -0.1) is 0 Å². The molecule has 18 heavy (non-hydrogen) atoms. The topological polar surface area (TPSA) is 21.3 Å². The molecule has 0 saturated heterocycles. The molecular formula is C15H24ClNO. The van der Waals surface area contributed by atoms with Crippen LogP contribution in [0.25, 0.3) is 0 Å². The molecule has 1 unspecified atom stereocenters. The molecule has 0 aliphatic heterocycles. The van der Waals surface area contributed by atoms with Gasteiger partial charge >= 0.3 is 0 Å². The fraction of sp³-hybridized carbons (Fsp3) is 0.600. The summed E-state index contributed by atoms with van der Waals surface area (Å²) in [4.78, 5) is 0. The third-order valence-corrected chi connectivity index (χ3v) is 3.03. The van der Waals surface area contributed by atoms with Crippen molar-refractivity contribution in [2.75, 3.05) is 19.8 Å². The first kappa shape index (κ1) is 15.5. The van der Waals surface area contributed by atoms with Gasteiger partial charge in [-0.05, 0) is 43.5 Å². The van der Waals surface area contributed by atoms with E-state index in [1.54, 1.807) is 0 Å². The minimum absolute atomic E-state index is 0.334. The molecule has 1 N–H and O–H groups in total. The zero-order chi connectivity index (χ0) is 13.2. The summed E-state index contributed by atoms with van der Waals surface area (Å²) in [6.07, 6.45) is 3.19. The van der Waals surface area contributed by atoms with E-state index in [1.807, 2.05) is 18.2 Å². The Kier molecular flexibility index (Phi) is 8.06. The van der Waals surface area contributed by atoms with Crippen LogP contribution < -0.4 is 5.32 Å². The number of nitrogens with one attached hydrogen (secondary N) is 1. The van der Waals surface area contributed by atoms with E-state index in [9.17, 15) is 0 Å². The molecule has 0 amide bonds. The van der Waals surface area contributed by atoms with Gasteiger partial charge in [0, 0.05) is 24.3 Å². The smallest absolute Gasteiger partial charge is 0.0484 e. The van der Waals surface area contributed by atoms with Crippen LogP contribution in [0, 0.1) is 0 Å². The second-order valence-electron chi connectivity index (χ2n) is 4.46. The molecule has 0 aromatic heterocycles. The maximum atomic E-state index is 6.05. The number of rotatable bonds is 9. The van der Waals surface area contributed by atoms with Gasteiger partial charge in [0.25, 0.3) is 0 Å². The Morgan fingerprint density at radius 2 is 2.06 bits per heavy atom. The molecule has 0 aliphatic rings. The van der Waals surface area contributed by atoms with Crippen molar-refractivity contribution < 1.29 is 4.74 Å². The first-order chi connectivity index (χ1) is 8.77. The quantitative estimate of drug-likeness (QED) is 0.679. The summed E-state index contributed by atoms with van der Waals surface area (Å²) >= 11 is 6.05. The summed E-state index contributed by atoms with van der Waals surface area (Å²) in [5.41, 5.74) is 1.25. The van der Waals surface area contributed by atoms with Crippen LogP contribution in [0.4, 0.5) is 0 Å². The van der Waals surface area contributed by atoms with Crippen LogP contribution in [0.15, 0.2) is 24.3 Å². The number of halogens is 1. The molecule has 0 aliphatic carbocycles. The maximum Gasteiger partial charge on any atom is 0.0484 e. The van der Waals surface area contributed by atoms with Gasteiger partial charge in [0.1, 0.15) is 0 Å². The van der Waals surface area contributed by atoms with Gasteiger partial charge in [-0.3, -0.25) is 0 Å². The lowest BCUT2D eigenvalue weighted by molar-refractivity contribution is 0.124. The predicted octanol–water partition coefficient (Wildman–Crippen LogP) is 4.20. The van der Waals surface area contributed by atoms with Gasteiger partial charge in [0.15, 0.2) is 0 Å². The zero-order valence-electron chi connectivity index (χ0n) is 11.4. The Morgan fingerprint density at radius 3 is 2.72 bits per heavy atom. The average Bonchev–Trinajstić information content (AvgIpc) is 2.38. The van der Waals surface area contributed by atoms with Crippen LogP contribution in [0.3, 0.4) is 0 Å². The Hall–Kier alpha value is -0.570. The van der Waals surface area contributed by atoms with Gasteiger partial charge in [-0.2, -0.15) is 0 Å². The van der Waals surface area contributed by atoms with Crippen molar-refractivity contribution in [3.63, 3.8) is 0 Å². The van der Waals surface area contributed by atoms with Crippen molar-refractivity contribution in [2.45, 2.75) is 39.2 Å². The van der Waals surface area contributed by atoms with Crippen LogP contribution in [-0.4, -0.2) is 19.8 Å². The fourth-order valence-corrected chi connectivity index (χ4v) is 2.07. The minimum atomic E-state index is 0.334. The lowest BCUT2D eigenvalue weighted by Crippen LogP contribution is -2.23. The number of hydrogen-bond acceptors (Lipinski definition) is 2. The SMILES string of the molecule is CCCNC(CCOCCC)c1cccc(Cl)c1. The molecule has 2 nitrogen and oxygen atoms in total. The van der Waals surface area contributed by atoms with Crippen molar-refractivity contribution in [1.82, 2.24) is 5.32 Å². The maximum absolute atomic E-state index is 6.05.